The Balaban J connectivity index is 1.33. The fourth-order valence-corrected chi connectivity index (χ4v) is 10.8. The molecule has 1 spiro atoms. The van der Waals surface area contributed by atoms with Crippen LogP contribution in [0.15, 0.2) is 59.1 Å². The number of aliphatic hydroxyl groups excluding tert-OH is 1. The minimum absolute atomic E-state index is 0.0493. The largest absolute Gasteiger partial charge is 0.490 e. The van der Waals surface area contributed by atoms with E-state index < -0.39 is 27.3 Å². The molecule has 7 rings (SSSR count). The number of rotatable bonds is 5. The number of methoxy groups -OCH3 is 1. The van der Waals surface area contributed by atoms with Gasteiger partial charge in [0.1, 0.15) is 21.2 Å². The molecule has 14 heteroatoms. The van der Waals surface area contributed by atoms with Crippen LogP contribution in [0.25, 0.3) is 0 Å². The number of allylic oxidation sites excluding steroid dienone is 1. The molecule has 0 radical (unpaired) electrons. The average Bonchev–Trinajstić information content (AvgIpc) is 3.41. The highest BCUT2D eigenvalue weighted by Crippen LogP contribution is 2.49. The van der Waals surface area contributed by atoms with Crippen LogP contribution in [0.1, 0.15) is 77.3 Å². The van der Waals surface area contributed by atoms with Crippen molar-refractivity contribution in [3.8, 4) is 11.6 Å². The van der Waals surface area contributed by atoms with E-state index in [4.69, 9.17) is 21.1 Å². The quantitative estimate of drug-likeness (QED) is 0.296. The third kappa shape index (κ3) is 7.45. The number of nitrogens with zero attached hydrogens (tertiary/aromatic N) is 4. The number of carbonyl (C=O) groups excluding carboxylic acids is 2. The lowest BCUT2D eigenvalue weighted by Crippen LogP contribution is -2.52. The standard InChI is InChI=1S/C39H48ClN5O7S/c1-25-6-4-15-39(49,16-17-46)32-11-8-28(32)20-45-23-38(14-5-7-26-18-29(40)10-12-31(26)38)24-52-34-13-9-27(19-33(34)45)35(47)42-53(50,22-25)43-36(48)30-21-44(2)41-37(30)51-3/h4,9-10,12-13,15,18-19,21,25,28,32,46,49H,5-8,11,14,16-17,20,22-24H2,1-3H3,(H,42,43,47,48,50)/b15-4+/t25-,28-,32+,38-,39?,53?/m0/s1. The van der Waals surface area contributed by atoms with Gasteiger partial charge in [-0.1, -0.05) is 36.7 Å². The highest BCUT2D eigenvalue weighted by molar-refractivity contribution is 7.92. The maximum atomic E-state index is 14.6. The number of anilines is 1. The lowest BCUT2D eigenvalue weighted by molar-refractivity contribution is -0.0583. The van der Waals surface area contributed by atoms with Gasteiger partial charge in [0.25, 0.3) is 11.8 Å². The van der Waals surface area contributed by atoms with Crippen molar-refractivity contribution in [1.82, 2.24) is 14.5 Å². The second kappa shape index (κ2) is 14.7. The van der Waals surface area contributed by atoms with Crippen LogP contribution in [0.4, 0.5) is 5.69 Å². The van der Waals surface area contributed by atoms with E-state index in [0.29, 0.717) is 42.6 Å². The van der Waals surface area contributed by atoms with E-state index in [9.17, 15) is 24.0 Å². The summed E-state index contributed by atoms with van der Waals surface area (Å²) in [5, 5.41) is 27.0. The molecular weight excluding hydrogens is 718 g/mol. The summed E-state index contributed by atoms with van der Waals surface area (Å²) >= 11 is 6.45. The number of hydrogen-bond acceptors (Lipinski definition) is 9. The molecule has 3 heterocycles. The highest BCUT2D eigenvalue weighted by atomic mass is 35.5. The van der Waals surface area contributed by atoms with E-state index in [1.807, 2.05) is 25.1 Å². The molecule has 2 unspecified atom stereocenters. The summed E-state index contributed by atoms with van der Waals surface area (Å²) in [7, 11) is -0.670. The fourth-order valence-electron chi connectivity index (χ4n) is 8.77. The second-order valence-electron chi connectivity index (χ2n) is 15.3. The number of fused-ring (bicyclic) bond motifs is 4. The average molecular weight is 766 g/mol. The molecule has 3 N–H and O–H groups in total. The molecule has 1 fully saturated rings. The summed E-state index contributed by atoms with van der Waals surface area (Å²) in [5.74, 6) is -1.22. The Hall–Kier alpha value is -3.91. The van der Waals surface area contributed by atoms with E-state index >= 15 is 0 Å². The minimum atomic E-state index is -3.68. The number of aromatic nitrogens is 2. The van der Waals surface area contributed by atoms with Gasteiger partial charge >= 0.3 is 0 Å². The number of aliphatic hydroxyl groups is 2. The van der Waals surface area contributed by atoms with E-state index in [2.05, 4.69) is 25.1 Å². The van der Waals surface area contributed by atoms with Gasteiger partial charge in [-0.15, -0.1) is 9.46 Å². The van der Waals surface area contributed by atoms with Crippen molar-refractivity contribution in [3.63, 3.8) is 0 Å². The SMILES string of the molecule is COc1nn(C)cc1C(=O)NS1(=O)=NC(=O)c2ccc3c(c2)N(C[C@@H]2CC[C@H]2C(O)(CCO)/C=C/C[C@H](C)C1)C[C@@]1(CCCc2cc(Cl)ccc21)CO3. The van der Waals surface area contributed by atoms with Gasteiger partial charge in [0, 0.05) is 55.4 Å². The second-order valence-corrected chi connectivity index (χ2v) is 17.7. The molecule has 12 nitrogen and oxygen atoms in total. The molecule has 2 bridgehead atoms. The fraction of sp³-hybridized carbons (Fsp3) is 0.513. The van der Waals surface area contributed by atoms with E-state index in [0.717, 1.165) is 32.1 Å². The van der Waals surface area contributed by atoms with Crippen molar-refractivity contribution in [2.75, 3.05) is 44.1 Å². The Bertz CT molecular complexity index is 2060. The summed E-state index contributed by atoms with van der Waals surface area (Å²) in [4.78, 5) is 29.8. The lowest BCUT2D eigenvalue weighted by atomic mass is 9.63. The minimum Gasteiger partial charge on any atom is -0.490 e. The van der Waals surface area contributed by atoms with E-state index in [1.54, 1.807) is 31.3 Å². The Morgan fingerprint density at radius 3 is 2.81 bits per heavy atom. The van der Waals surface area contributed by atoms with Crippen LogP contribution in [0.2, 0.25) is 5.02 Å². The van der Waals surface area contributed by atoms with Crippen LogP contribution < -0.4 is 19.1 Å². The zero-order chi connectivity index (χ0) is 37.5. The zero-order valence-corrected chi connectivity index (χ0v) is 32.0. The predicted molar refractivity (Wildman–Crippen MR) is 203 cm³/mol. The van der Waals surface area contributed by atoms with Crippen molar-refractivity contribution in [1.29, 1.82) is 0 Å². The third-order valence-electron chi connectivity index (χ3n) is 11.5. The summed E-state index contributed by atoms with van der Waals surface area (Å²) < 4.78 is 34.7. The van der Waals surface area contributed by atoms with Gasteiger partial charge in [-0.25, -0.2) is 4.21 Å². The smallest absolute Gasteiger partial charge is 0.286 e. The first-order chi connectivity index (χ1) is 25.3. The number of nitrogens with one attached hydrogen (secondary N) is 1. The molecule has 2 aliphatic carbocycles. The molecule has 2 amide bonds. The van der Waals surface area contributed by atoms with Gasteiger partial charge < -0.3 is 24.6 Å². The molecule has 4 aliphatic rings. The number of benzene rings is 2. The van der Waals surface area contributed by atoms with E-state index in [-0.39, 0.29) is 59.0 Å². The van der Waals surface area contributed by atoms with Crippen LogP contribution in [0.3, 0.4) is 0 Å². The maximum Gasteiger partial charge on any atom is 0.286 e. The Labute approximate surface area is 315 Å². The molecule has 6 atom stereocenters. The van der Waals surface area contributed by atoms with E-state index in [1.165, 1.54) is 29.1 Å². The number of amides is 2. The first-order valence-corrected chi connectivity index (χ1v) is 20.4. The van der Waals surface area contributed by atoms with Crippen LogP contribution in [0, 0.1) is 17.8 Å². The molecule has 2 aliphatic heterocycles. The maximum absolute atomic E-state index is 14.6. The highest BCUT2D eigenvalue weighted by Gasteiger charge is 2.48. The van der Waals surface area contributed by atoms with Crippen LogP contribution in [0.5, 0.6) is 11.6 Å². The normalized spacial score (nSPS) is 30.5. The summed E-state index contributed by atoms with van der Waals surface area (Å²) in [6.45, 7) is 3.32. The molecule has 3 aromatic rings. The topological polar surface area (TPSA) is 156 Å². The Morgan fingerprint density at radius 1 is 1.23 bits per heavy atom. The number of hydrogen-bond donors (Lipinski definition) is 3. The summed E-state index contributed by atoms with van der Waals surface area (Å²) in [5.41, 5.74) is 1.80. The van der Waals surface area contributed by atoms with Gasteiger partial charge in [0.2, 0.25) is 5.88 Å². The van der Waals surface area contributed by atoms with Gasteiger partial charge in [-0.05, 0) is 97.7 Å². The molecular formula is C39H48ClN5O7S. The van der Waals surface area contributed by atoms with Crippen LogP contribution in [-0.4, -0.2) is 80.8 Å². The molecule has 53 heavy (non-hydrogen) atoms. The van der Waals surface area contributed by atoms with Crippen LogP contribution >= 0.6 is 11.6 Å². The van der Waals surface area contributed by atoms with Gasteiger partial charge in [0.15, 0.2) is 0 Å². The van der Waals surface area contributed by atoms with Crippen LogP contribution in [-0.2, 0) is 28.8 Å². The summed E-state index contributed by atoms with van der Waals surface area (Å²) in [6, 6.07) is 11.2. The van der Waals surface area contributed by atoms with Crippen molar-refractivity contribution in [2.45, 2.75) is 62.9 Å². The third-order valence-corrected chi connectivity index (χ3v) is 13.7. The molecule has 2 aromatic carbocycles. The van der Waals surface area contributed by atoms with Crippen molar-refractivity contribution in [3.05, 3.63) is 82.0 Å². The Morgan fingerprint density at radius 2 is 2.06 bits per heavy atom. The van der Waals surface area contributed by atoms with Crippen molar-refractivity contribution < 1.29 is 33.5 Å². The van der Waals surface area contributed by atoms with Gasteiger partial charge in [-0.3, -0.25) is 19.0 Å². The molecule has 284 valence electrons. The Kier molecular flexibility index (Phi) is 10.4. The zero-order valence-electron chi connectivity index (χ0n) is 30.4. The van der Waals surface area contributed by atoms with Gasteiger partial charge in [0.05, 0.1) is 30.8 Å². The van der Waals surface area contributed by atoms with Gasteiger partial charge in [-0.2, -0.15) is 0 Å². The number of aryl methyl sites for hydroxylation is 2. The molecule has 0 saturated heterocycles. The first kappa shape index (κ1) is 37.4. The number of ether oxygens (including phenoxy) is 2. The monoisotopic (exact) mass is 765 g/mol. The number of halogens is 1. The number of carbonyl (C=O) groups is 2. The van der Waals surface area contributed by atoms with Crippen molar-refractivity contribution >= 4 is 39.0 Å². The lowest BCUT2D eigenvalue weighted by Gasteiger charge is -2.49. The molecule has 1 aromatic heterocycles. The predicted octanol–water partition coefficient (Wildman–Crippen LogP) is 5.24. The first-order valence-electron chi connectivity index (χ1n) is 18.3. The molecule has 1 saturated carbocycles. The summed E-state index contributed by atoms with van der Waals surface area (Å²) in [6.07, 6.45) is 10.2. The van der Waals surface area contributed by atoms with Crippen molar-refractivity contribution in [2.24, 2.45) is 29.2 Å².